The molecule has 0 radical (unpaired) electrons. The zero-order valence-electron chi connectivity index (χ0n) is 13.9. The first-order valence-corrected chi connectivity index (χ1v) is 7.87. The minimum absolute atomic E-state index is 0.342. The largest absolute Gasteiger partial charge is 0.310 e. The van der Waals surface area contributed by atoms with Crippen LogP contribution in [0.15, 0.2) is 24.3 Å². The molecular weight excluding hydrogens is 258 g/mol. The highest BCUT2D eigenvalue weighted by Gasteiger charge is 2.15. The molecule has 3 heteroatoms. The SMILES string of the molecule is CCNC(Cc1cc(CC)nn1C)c1ccc(C)c(C)c1. The number of likely N-dealkylation sites (N-methyl/N-ethyl adjacent to an activating group) is 1. The van der Waals surface area contributed by atoms with Gasteiger partial charge in [0.1, 0.15) is 0 Å². The van der Waals surface area contributed by atoms with Gasteiger partial charge in [-0.3, -0.25) is 4.68 Å². The maximum absolute atomic E-state index is 4.56. The van der Waals surface area contributed by atoms with Crippen LogP contribution in [0, 0.1) is 13.8 Å². The smallest absolute Gasteiger partial charge is 0.0624 e. The van der Waals surface area contributed by atoms with Crippen molar-refractivity contribution in [3.8, 4) is 0 Å². The monoisotopic (exact) mass is 285 g/mol. The maximum atomic E-state index is 4.56. The molecule has 0 bridgehead atoms. The van der Waals surface area contributed by atoms with Crippen molar-refractivity contribution in [1.29, 1.82) is 0 Å². The van der Waals surface area contributed by atoms with Gasteiger partial charge in [0, 0.05) is 25.2 Å². The van der Waals surface area contributed by atoms with Crippen LogP contribution in [0.5, 0.6) is 0 Å². The van der Waals surface area contributed by atoms with Crippen molar-refractivity contribution in [2.24, 2.45) is 7.05 Å². The molecule has 0 saturated carbocycles. The molecule has 0 spiro atoms. The van der Waals surface area contributed by atoms with E-state index in [1.54, 1.807) is 0 Å². The fourth-order valence-electron chi connectivity index (χ4n) is 2.68. The van der Waals surface area contributed by atoms with Crippen LogP contribution in [0.4, 0.5) is 0 Å². The van der Waals surface area contributed by atoms with E-state index in [-0.39, 0.29) is 0 Å². The average Bonchev–Trinajstić information content (AvgIpc) is 2.82. The number of aryl methyl sites for hydroxylation is 4. The van der Waals surface area contributed by atoms with Crippen molar-refractivity contribution in [1.82, 2.24) is 15.1 Å². The maximum Gasteiger partial charge on any atom is 0.0624 e. The molecule has 0 aliphatic carbocycles. The lowest BCUT2D eigenvalue weighted by atomic mass is 9.97. The van der Waals surface area contributed by atoms with Gasteiger partial charge in [-0.15, -0.1) is 0 Å². The summed E-state index contributed by atoms with van der Waals surface area (Å²) in [4.78, 5) is 0. The number of rotatable bonds is 6. The van der Waals surface area contributed by atoms with Gasteiger partial charge in [-0.25, -0.2) is 0 Å². The Hall–Kier alpha value is -1.61. The van der Waals surface area contributed by atoms with Gasteiger partial charge in [-0.05, 0) is 49.6 Å². The molecule has 1 heterocycles. The lowest BCUT2D eigenvalue weighted by Crippen LogP contribution is -2.24. The third-order valence-corrected chi connectivity index (χ3v) is 4.19. The molecule has 2 rings (SSSR count). The number of aromatic nitrogens is 2. The van der Waals surface area contributed by atoms with E-state index in [1.807, 2.05) is 11.7 Å². The van der Waals surface area contributed by atoms with E-state index in [2.05, 4.69) is 62.4 Å². The molecular formula is C18H27N3. The molecule has 1 atom stereocenters. The highest BCUT2D eigenvalue weighted by molar-refractivity contribution is 5.32. The summed E-state index contributed by atoms with van der Waals surface area (Å²) in [7, 11) is 2.04. The first kappa shape index (κ1) is 15.8. The first-order valence-electron chi connectivity index (χ1n) is 7.87. The predicted octanol–water partition coefficient (Wildman–Crippen LogP) is 3.49. The first-order chi connectivity index (χ1) is 10.0. The summed E-state index contributed by atoms with van der Waals surface area (Å²) in [6.45, 7) is 9.62. The highest BCUT2D eigenvalue weighted by Crippen LogP contribution is 2.21. The van der Waals surface area contributed by atoms with Gasteiger partial charge < -0.3 is 5.32 Å². The van der Waals surface area contributed by atoms with Crippen molar-refractivity contribution in [3.05, 3.63) is 52.3 Å². The predicted molar refractivity (Wildman–Crippen MR) is 88.6 cm³/mol. The summed E-state index contributed by atoms with van der Waals surface area (Å²) >= 11 is 0. The average molecular weight is 285 g/mol. The van der Waals surface area contributed by atoms with Crippen LogP contribution < -0.4 is 5.32 Å². The molecule has 1 aromatic carbocycles. The fourth-order valence-corrected chi connectivity index (χ4v) is 2.68. The Morgan fingerprint density at radius 2 is 1.90 bits per heavy atom. The van der Waals surface area contributed by atoms with E-state index in [1.165, 1.54) is 28.1 Å². The van der Waals surface area contributed by atoms with Gasteiger partial charge in [0.15, 0.2) is 0 Å². The third kappa shape index (κ3) is 3.73. The van der Waals surface area contributed by atoms with Crippen LogP contribution in [0.25, 0.3) is 0 Å². The second-order valence-electron chi connectivity index (χ2n) is 5.76. The second-order valence-corrected chi connectivity index (χ2v) is 5.76. The molecule has 0 saturated heterocycles. The van der Waals surface area contributed by atoms with E-state index in [9.17, 15) is 0 Å². The molecule has 21 heavy (non-hydrogen) atoms. The second kappa shape index (κ2) is 6.90. The Balaban J connectivity index is 2.25. The van der Waals surface area contributed by atoms with E-state index < -0.39 is 0 Å². The summed E-state index contributed by atoms with van der Waals surface area (Å²) in [5, 5.41) is 8.16. The molecule has 0 amide bonds. The minimum Gasteiger partial charge on any atom is -0.310 e. The van der Waals surface area contributed by atoms with E-state index >= 15 is 0 Å². The lowest BCUT2D eigenvalue weighted by molar-refractivity contribution is 0.528. The third-order valence-electron chi connectivity index (χ3n) is 4.19. The lowest BCUT2D eigenvalue weighted by Gasteiger charge is -2.19. The number of hydrogen-bond donors (Lipinski definition) is 1. The molecule has 2 aromatic rings. The zero-order chi connectivity index (χ0) is 15.4. The Morgan fingerprint density at radius 3 is 2.48 bits per heavy atom. The van der Waals surface area contributed by atoms with Gasteiger partial charge >= 0.3 is 0 Å². The highest BCUT2D eigenvalue weighted by atomic mass is 15.3. The molecule has 1 unspecified atom stereocenters. The quantitative estimate of drug-likeness (QED) is 0.880. The molecule has 0 aliphatic heterocycles. The molecule has 1 N–H and O–H groups in total. The van der Waals surface area contributed by atoms with Crippen LogP contribution >= 0.6 is 0 Å². The van der Waals surface area contributed by atoms with Crippen LogP contribution in [0.2, 0.25) is 0 Å². The van der Waals surface area contributed by atoms with Crippen molar-refractivity contribution >= 4 is 0 Å². The molecule has 1 aromatic heterocycles. The molecule has 114 valence electrons. The number of nitrogens with one attached hydrogen (secondary N) is 1. The van der Waals surface area contributed by atoms with Crippen LogP contribution in [-0.4, -0.2) is 16.3 Å². The molecule has 0 aliphatic rings. The summed E-state index contributed by atoms with van der Waals surface area (Å²) in [6.07, 6.45) is 1.96. The minimum atomic E-state index is 0.342. The van der Waals surface area contributed by atoms with E-state index in [0.717, 1.165) is 19.4 Å². The normalized spacial score (nSPS) is 12.6. The Kier molecular flexibility index (Phi) is 5.18. The van der Waals surface area contributed by atoms with Crippen LogP contribution in [-0.2, 0) is 19.9 Å². The van der Waals surface area contributed by atoms with Gasteiger partial charge in [0.2, 0.25) is 0 Å². The van der Waals surface area contributed by atoms with Crippen molar-refractivity contribution in [3.63, 3.8) is 0 Å². The van der Waals surface area contributed by atoms with Gasteiger partial charge in [-0.2, -0.15) is 5.10 Å². The number of benzene rings is 1. The van der Waals surface area contributed by atoms with Gasteiger partial charge in [0.25, 0.3) is 0 Å². The fraction of sp³-hybridized carbons (Fsp3) is 0.500. The van der Waals surface area contributed by atoms with Gasteiger partial charge in [0.05, 0.1) is 5.69 Å². The summed E-state index contributed by atoms with van der Waals surface area (Å²) in [5.74, 6) is 0. The van der Waals surface area contributed by atoms with Crippen LogP contribution in [0.3, 0.4) is 0 Å². The van der Waals surface area contributed by atoms with Crippen molar-refractivity contribution < 1.29 is 0 Å². The zero-order valence-corrected chi connectivity index (χ0v) is 13.9. The Bertz CT molecular complexity index is 599. The van der Waals surface area contributed by atoms with Gasteiger partial charge in [-0.1, -0.05) is 32.0 Å². The Morgan fingerprint density at radius 1 is 1.14 bits per heavy atom. The summed E-state index contributed by atoms with van der Waals surface area (Å²) in [6, 6.07) is 9.34. The molecule has 3 nitrogen and oxygen atoms in total. The molecule has 0 fully saturated rings. The Labute approximate surface area is 128 Å². The van der Waals surface area contributed by atoms with E-state index in [0.29, 0.717) is 6.04 Å². The summed E-state index contributed by atoms with van der Waals surface area (Å²) in [5.41, 5.74) is 6.52. The summed E-state index contributed by atoms with van der Waals surface area (Å²) < 4.78 is 2.02. The van der Waals surface area contributed by atoms with E-state index in [4.69, 9.17) is 0 Å². The van der Waals surface area contributed by atoms with Crippen molar-refractivity contribution in [2.75, 3.05) is 6.54 Å². The van der Waals surface area contributed by atoms with Crippen LogP contribution in [0.1, 0.15) is 48.0 Å². The number of nitrogens with zero attached hydrogens (tertiary/aromatic N) is 2. The standard InChI is InChI=1S/C18H27N3/c1-6-16-11-17(21(5)20-16)12-18(19-7-2)15-9-8-13(3)14(4)10-15/h8-11,18-19H,6-7,12H2,1-5H3. The van der Waals surface area contributed by atoms with Crippen molar-refractivity contribution in [2.45, 2.75) is 46.6 Å². The number of hydrogen-bond acceptors (Lipinski definition) is 2. The topological polar surface area (TPSA) is 29.9 Å².